The molecular weight excluding hydrogens is 409 g/mol. The molecule has 0 unspecified atom stereocenters. The van der Waals surface area contributed by atoms with Gasteiger partial charge in [-0.1, -0.05) is 0 Å². The third-order valence-corrected chi connectivity index (χ3v) is 4.46. The number of nitrogens with zero attached hydrogens (tertiary/aromatic N) is 3. The number of benzene rings is 2. The number of ether oxygens (including phenoxy) is 1. The SMILES string of the molecule is Cc1csc(NN=Cc2cc([N+](=O)[O-])ccc2Oc2ccc(C(F)(F)F)cc2)n1. The molecule has 0 saturated carbocycles. The Bertz CT molecular complexity index is 1050. The van der Waals surface area contributed by atoms with E-state index in [1.54, 1.807) is 0 Å². The first-order valence-electron chi connectivity index (χ1n) is 8.07. The van der Waals surface area contributed by atoms with E-state index in [0.717, 1.165) is 17.8 Å². The van der Waals surface area contributed by atoms with Gasteiger partial charge in [-0.3, -0.25) is 15.5 Å². The van der Waals surface area contributed by atoms with Crippen LogP contribution in [-0.2, 0) is 6.18 Å². The average molecular weight is 422 g/mol. The van der Waals surface area contributed by atoms with E-state index in [1.165, 1.54) is 47.9 Å². The first-order valence-corrected chi connectivity index (χ1v) is 8.95. The number of aromatic nitrogens is 1. The van der Waals surface area contributed by atoms with Crippen molar-refractivity contribution < 1.29 is 22.8 Å². The lowest BCUT2D eigenvalue weighted by molar-refractivity contribution is -0.384. The maximum atomic E-state index is 12.7. The summed E-state index contributed by atoms with van der Waals surface area (Å²) < 4.78 is 43.6. The zero-order chi connectivity index (χ0) is 21.0. The fourth-order valence-corrected chi connectivity index (χ4v) is 2.88. The number of nitro benzene ring substituents is 1. The lowest BCUT2D eigenvalue weighted by atomic mass is 10.2. The Morgan fingerprint density at radius 2 is 1.97 bits per heavy atom. The quantitative estimate of drug-likeness (QED) is 0.316. The fourth-order valence-electron chi connectivity index (χ4n) is 2.24. The van der Waals surface area contributed by atoms with Gasteiger partial charge in [0.05, 0.1) is 22.4 Å². The molecule has 3 aromatic rings. The van der Waals surface area contributed by atoms with Gasteiger partial charge in [-0.2, -0.15) is 18.3 Å². The first-order chi connectivity index (χ1) is 13.7. The Labute approximate surface area is 166 Å². The van der Waals surface area contributed by atoms with Crippen LogP contribution in [0.25, 0.3) is 0 Å². The first kappa shape index (κ1) is 20.3. The third-order valence-electron chi connectivity index (χ3n) is 3.60. The lowest BCUT2D eigenvalue weighted by Crippen LogP contribution is -2.04. The normalized spacial score (nSPS) is 11.6. The Morgan fingerprint density at radius 3 is 2.55 bits per heavy atom. The van der Waals surface area contributed by atoms with Gasteiger partial charge in [0.1, 0.15) is 11.5 Å². The van der Waals surface area contributed by atoms with Crippen molar-refractivity contribution in [3.05, 3.63) is 74.8 Å². The maximum absolute atomic E-state index is 12.7. The summed E-state index contributed by atoms with van der Waals surface area (Å²) in [6.45, 7) is 1.82. The summed E-state index contributed by atoms with van der Waals surface area (Å²) in [5.41, 5.74) is 2.79. The Hall–Kier alpha value is -3.47. The minimum atomic E-state index is -4.45. The van der Waals surface area contributed by atoms with E-state index in [9.17, 15) is 23.3 Å². The van der Waals surface area contributed by atoms with E-state index in [0.29, 0.717) is 5.13 Å². The summed E-state index contributed by atoms with van der Waals surface area (Å²) >= 11 is 1.34. The van der Waals surface area contributed by atoms with E-state index in [2.05, 4.69) is 15.5 Å². The molecule has 0 amide bonds. The van der Waals surface area contributed by atoms with Crippen molar-refractivity contribution in [2.24, 2.45) is 5.10 Å². The number of hydrogen-bond acceptors (Lipinski definition) is 7. The van der Waals surface area contributed by atoms with Crippen LogP contribution >= 0.6 is 11.3 Å². The highest BCUT2D eigenvalue weighted by molar-refractivity contribution is 7.13. The monoisotopic (exact) mass is 422 g/mol. The number of hydrazone groups is 1. The molecule has 11 heteroatoms. The molecule has 2 aromatic carbocycles. The van der Waals surface area contributed by atoms with Crippen LogP contribution in [0.5, 0.6) is 11.5 Å². The zero-order valence-corrected chi connectivity index (χ0v) is 15.6. The van der Waals surface area contributed by atoms with E-state index in [4.69, 9.17) is 4.74 Å². The van der Waals surface area contributed by atoms with Gasteiger partial charge in [0.15, 0.2) is 0 Å². The predicted molar refractivity (Wildman–Crippen MR) is 103 cm³/mol. The number of anilines is 1. The van der Waals surface area contributed by atoms with E-state index in [-0.39, 0.29) is 22.7 Å². The Morgan fingerprint density at radius 1 is 1.24 bits per heavy atom. The standard InChI is InChI=1S/C18H13F3N4O3S/c1-11-10-29-17(23-11)24-22-9-12-8-14(25(26)27)4-7-16(12)28-15-5-2-13(3-6-15)18(19,20)21/h2-10H,1H3,(H,23,24). The highest BCUT2D eigenvalue weighted by atomic mass is 32.1. The molecule has 29 heavy (non-hydrogen) atoms. The Balaban J connectivity index is 1.84. The lowest BCUT2D eigenvalue weighted by Gasteiger charge is -2.10. The largest absolute Gasteiger partial charge is 0.457 e. The molecule has 0 radical (unpaired) electrons. The molecule has 0 spiro atoms. The number of nitrogens with one attached hydrogen (secondary N) is 1. The minimum absolute atomic E-state index is 0.144. The molecule has 3 rings (SSSR count). The van der Waals surface area contributed by atoms with Crippen LogP contribution in [0.2, 0.25) is 0 Å². The van der Waals surface area contributed by atoms with Gasteiger partial charge in [-0.15, -0.1) is 11.3 Å². The summed E-state index contributed by atoms with van der Waals surface area (Å²) in [5.74, 6) is 0.334. The van der Waals surface area contributed by atoms with Crippen molar-refractivity contribution in [2.45, 2.75) is 13.1 Å². The molecule has 7 nitrogen and oxygen atoms in total. The van der Waals surface area contributed by atoms with Gasteiger partial charge in [0.25, 0.3) is 5.69 Å². The smallest absolute Gasteiger partial charge is 0.416 e. The summed E-state index contributed by atoms with van der Waals surface area (Å²) in [6, 6.07) is 7.95. The van der Waals surface area contributed by atoms with E-state index in [1.807, 2.05) is 12.3 Å². The van der Waals surface area contributed by atoms with Crippen LogP contribution in [0.15, 0.2) is 52.9 Å². The van der Waals surface area contributed by atoms with Crippen molar-refractivity contribution in [1.29, 1.82) is 0 Å². The van der Waals surface area contributed by atoms with Crippen molar-refractivity contribution in [3.63, 3.8) is 0 Å². The number of halogens is 3. The summed E-state index contributed by atoms with van der Waals surface area (Å²) in [6.07, 6.45) is -3.15. The van der Waals surface area contributed by atoms with Gasteiger partial charge in [0.2, 0.25) is 5.13 Å². The molecule has 0 saturated heterocycles. The summed E-state index contributed by atoms with van der Waals surface area (Å²) in [7, 11) is 0. The number of nitro groups is 1. The van der Waals surface area contributed by atoms with Crippen LogP contribution in [0.4, 0.5) is 24.0 Å². The highest BCUT2D eigenvalue weighted by Crippen LogP contribution is 2.32. The van der Waals surface area contributed by atoms with Gasteiger partial charge in [0, 0.05) is 23.1 Å². The van der Waals surface area contributed by atoms with Crippen LogP contribution in [-0.4, -0.2) is 16.1 Å². The molecule has 0 bridgehead atoms. The van der Waals surface area contributed by atoms with Gasteiger partial charge in [-0.05, 0) is 37.3 Å². The summed E-state index contributed by atoms with van der Waals surface area (Å²) in [4.78, 5) is 14.6. The van der Waals surface area contributed by atoms with Crippen LogP contribution in [0, 0.1) is 17.0 Å². The topological polar surface area (TPSA) is 89.7 Å². The van der Waals surface area contributed by atoms with E-state index >= 15 is 0 Å². The van der Waals surface area contributed by atoms with Crippen LogP contribution in [0.3, 0.4) is 0 Å². The molecule has 0 aliphatic carbocycles. The van der Waals surface area contributed by atoms with Crippen molar-refractivity contribution >= 4 is 28.4 Å². The van der Waals surface area contributed by atoms with Crippen molar-refractivity contribution in [3.8, 4) is 11.5 Å². The number of rotatable bonds is 6. The van der Waals surface area contributed by atoms with Gasteiger partial charge < -0.3 is 4.74 Å². The molecule has 0 aliphatic rings. The second-order valence-electron chi connectivity index (χ2n) is 5.77. The number of alkyl halides is 3. The molecule has 150 valence electrons. The molecule has 1 aromatic heterocycles. The predicted octanol–water partition coefficient (Wildman–Crippen LogP) is 5.62. The van der Waals surface area contributed by atoms with E-state index < -0.39 is 16.7 Å². The molecule has 0 fully saturated rings. The second-order valence-corrected chi connectivity index (χ2v) is 6.63. The zero-order valence-electron chi connectivity index (χ0n) is 14.8. The Kier molecular flexibility index (Phi) is 5.78. The van der Waals surface area contributed by atoms with Gasteiger partial charge >= 0.3 is 6.18 Å². The average Bonchev–Trinajstić information content (AvgIpc) is 3.07. The second kappa shape index (κ2) is 8.27. The van der Waals surface area contributed by atoms with Crippen molar-refractivity contribution in [2.75, 3.05) is 5.43 Å². The highest BCUT2D eigenvalue weighted by Gasteiger charge is 2.30. The van der Waals surface area contributed by atoms with Crippen LogP contribution in [0.1, 0.15) is 16.8 Å². The fraction of sp³-hybridized carbons (Fsp3) is 0.111. The number of hydrogen-bond donors (Lipinski definition) is 1. The number of thiazole rings is 1. The maximum Gasteiger partial charge on any atom is 0.416 e. The van der Waals surface area contributed by atoms with Crippen molar-refractivity contribution in [1.82, 2.24) is 4.98 Å². The van der Waals surface area contributed by atoms with Crippen LogP contribution < -0.4 is 10.2 Å². The third kappa shape index (κ3) is 5.29. The van der Waals surface area contributed by atoms with Gasteiger partial charge in [-0.25, -0.2) is 4.98 Å². The molecular formula is C18H13F3N4O3S. The molecule has 1 heterocycles. The molecule has 1 N–H and O–H groups in total. The molecule has 0 aliphatic heterocycles. The number of non-ortho nitro benzene ring substituents is 1. The number of aryl methyl sites for hydroxylation is 1. The molecule has 0 atom stereocenters. The minimum Gasteiger partial charge on any atom is -0.457 e. The summed E-state index contributed by atoms with van der Waals surface area (Å²) in [5, 5.41) is 17.4.